The molecule has 1 unspecified atom stereocenters. The topological polar surface area (TPSA) is 17.1 Å². The van der Waals surface area contributed by atoms with Crippen LogP contribution < -0.4 is 0 Å². The molecule has 0 N–H and O–H groups in total. The van der Waals surface area contributed by atoms with Crippen molar-refractivity contribution < 1.29 is 4.79 Å². The molecule has 0 spiro atoms. The van der Waals surface area contributed by atoms with Gasteiger partial charge >= 0.3 is 0 Å². The van der Waals surface area contributed by atoms with Crippen molar-refractivity contribution in [1.82, 2.24) is 0 Å². The van der Waals surface area contributed by atoms with Crippen molar-refractivity contribution in [2.45, 2.75) is 17.1 Å². The van der Waals surface area contributed by atoms with Gasteiger partial charge in [0, 0.05) is 14.9 Å². The second-order valence-electron chi connectivity index (χ2n) is 2.56. The molecular formula is C9H8Cl2OS. The maximum atomic E-state index is 10.4. The van der Waals surface area contributed by atoms with Crippen LogP contribution in [0.4, 0.5) is 0 Å². The Morgan fingerprint density at radius 1 is 1.31 bits per heavy atom. The second kappa shape index (κ2) is 4.89. The molecule has 0 heterocycles. The fourth-order valence-electron chi connectivity index (χ4n) is 0.839. The van der Waals surface area contributed by atoms with Gasteiger partial charge < -0.3 is 4.79 Å². The lowest BCUT2D eigenvalue weighted by atomic mass is 10.4. The molecule has 0 bridgehead atoms. The summed E-state index contributed by atoms with van der Waals surface area (Å²) < 4.78 is 0. The molecule has 13 heavy (non-hydrogen) atoms. The maximum absolute atomic E-state index is 10.4. The van der Waals surface area contributed by atoms with E-state index in [0.717, 1.165) is 11.2 Å². The number of halogens is 2. The fourth-order valence-corrected chi connectivity index (χ4v) is 2.37. The van der Waals surface area contributed by atoms with Crippen molar-refractivity contribution in [2.24, 2.45) is 0 Å². The molecule has 1 nitrogen and oxygen atoms in total. The van der Waals surface area contributed by atoms with Gasteiger partial charge in [-0.3, -0.25) is 0 Å². The van der Waals surface area contributed by atoms with Crippen LogP contribution in [-0.2, 0) is 4.79 Å². The highest BCUT2D eigenvalue weighted by Gasteiger charge is 2.04. The molecule has 0 aliphatic carbocycles. The molecule has 1 aromatic carbocycles. The maximum Gasteiger partial charge on any atom is 0.133 e. The van der Waals surface area contributed by atoms with Crippen LogP contribution in [0.3, 0.4) is 0 Å². The molecule has 0 aliphatic rings. The van der Waals surface area contributed by atoms with Crippen molar-refractivity contribution >= 4 is 41.2 Å². The molecule has 1 rings (SSSR count). The normalized spacial score (nSPS) is 12.5. The van der Waals surface area contributed by atoms with Crippen molar-refractivity contribution in [3.63, 3.8) is 0 Å². The van der Waals surface area contributed by atoms with Crippen LogP contribution in [0.1, 0.15) is 6.92 Å². The Kier molecular flexibility index (Phi) is 4.10. The molecule has 0 fully saturated rings. The van der Waals surface area contributed by atoms with Gasteiger partial charge in [0.05, 0.1) is 5.25 Å². The van der Waals surface area contributed by atoms with Crippen molar-refractivity contribution in [1.29, 1.82) is 0 Å². The minimum absolute atomic E-state index is 0.0745. The molecule has 4 heteroatoms. The number of carbonyl (C=O) groups is 1. The van der Waals surface area contributed by atoms with Crippen LogP contribution in [0.2, 0.25) is 10.0 Å². The Morgan fingerprint density at radius 3 is 2.31 bits per heavy atom. The number of hydrogen-bond acceptors (Lipinski definition) is 2. The van der Waals surface area contributed by atoms with Crippen molar-refractivity contribution in [3.05, 3.63) is 28.2 Å². The van der Waals surface area contributed by atoms with Crippen LogP contribution in [0.25, 0.3) is 0 Å². The number of rotatable bonds is 3. The molecule has 0 aromatic heterocycles. The molecule has 70 valence electrons. The van der Waals surface area contributed by atoms with Gasteiger partial charge in [0.1, 0.15) is 6.29 Å². The molecule has 0 amide bonds. The van der Waals surface area contributed by atoms with E-state index in [1.807, 2.05) is 6.92 Å². The molecule has 0 saturated heterocycles. The largest absolute Gasteiger partial charge is 0.302 e. The number of aldehydes is 1. The average molecular weight is 235 g/mol. The SMILES string of the molecule is CC(C=O)Sc1cc(Cl)cc(Cl)c1. The van der Waals surface area contributed by atoms with Gasteiger partial charge in [-0.2, -0.15) is 0 Å². The zero-order chi connectivity index (χ0) is 9.84. The van der Waals surface area contributed by atoms with E-state index in [-0.39, 0.29) is 5.25 Å². The van der Waals surface area contributed by atoms with Crippen LogP contribution in [0.15, 0.2) is 23.1 Å². The zero-order valence-corrected chi connectivity index (χ0v) is 9.29. The lowest BCUT2D eigenvalue weighted by Gasteiger charge is -2.04. The first-order chi connectivity index (χ1) is 6.11. The quantitative estimate of drug-likeness (QED) is 0.587. The summed E-state index contributed by atoms with van der Waals surface area (Å²) in [5.74, 6) is 0. The molecule has 1 atom stereocenters. The van der Waals surface area contributed by atoms with Crippen LogP contribution in [0, 0.1) is 0 Å². The zero-order valence-electron chi connectivity index (χ0n) is 6.96. The average Bonchev–Trinajstić information content (AvgIpc) is 2.02. The Hall–Kier alpha value is -0.180. The summed E-state index contributed by atoms with van der Waals surface area (Å²) in [7, 11) is 0. The Morgan fingerprint density at radius 2 is 1.85 bits per heavy atom. The molecule has 0 saturated carbocycles. The Bertz CT molecular complexity index is 294. The van der Waals surface area contributed by atoms with Gasteiger partial charge in [0.25, 0.3) is 0 Å². The monoisotopic (exact) mass is 234 g/mol. The summed E-state index contributed by atoms with van der Waals surface area (Å²) in [5, 5.41) is 1.11. The summed E-state index contributed by atoms with van der Waals surface area (Å²) in [6, 6.07) is 5.24. The minimum atomic E-state index is -0.0745. The molecule has 1 aromatic rings. The number of carbonyl (C=O) groups excluding carboxylic acids is 1. The van der Waals surface area contributed by atoms with E-state index in [9.17, 15) is 4.79 Å². The smallest absolute Gasteiger partial charge is 0.133 e. The van der Waals surface area contributed by atoms with E-state index in [0.29, 0.717) is 10.0 Å². The summed E-state index contributed by atoms with van der Waals surface area (Å²) in [6.45, 7) is 1.83. The van der Waals surface area contributed by atoms with Gasteiger partial charge in [0.2, 0.25) is 0 Å². The number of hydrogen-bond donors (Lipinski definition) is 0. The lowest BCUT2D eigenvalue weighted by Crippen LogP contribution is -1.95. The summed E-state index contributed by atoms with van der Waals surface area (Å²) in [5.41, 5.74) is 0. The van der Waals surface area contributed by atoms with Gasteiger partial charge in [-0.05, 0) is 25.1 Å². The number of benzene rings is 1. The van der Waals surface area contributed by atoms with Gasteiger partial charge in [-0.15, -0.1) is 11.8 Å². The standard InChI is InChI=1S/C9H8Cl2OS/c1-6(5-12)13-9-3-7(10)2-8(11)4-9/h2-6H,1H3. The fraction of sp³-hybridized carbons (Fsp3) is 0.222. The first kappa shape index (κ1) is 10.9. The molecule has 0 aliphatic heterocycles. The Labute approximate surface area is 91.4 Å². The van der Waals surface area contributed by atoms with Gasteiger partial charge in [0.15, 0.2) is 0 Å². The van der Waals surface area contributed by atoms with E-state index >= 15 is 0 Å². The molecule has 0 radical (unpaired) electrons. The first-order valence-electron chi connectivity index (χ1n) is 3.70. The lowest BCUT2D eigenvalue weighted by molar-refractivity contribution is -0.107. The number of thioether (sulfide) groups is 1. The minimum Gasteiger partial charge on any atom is -0.302 e. The summed E-state index contributed by atoms with van der Waals surface area (Å²) >= 11 is 13.0. The van der Waals surface area contributed by atoms with Gasteiger partial charge in [-0.25, -0.2) is 0 Å². The van der Waals surface area contributed by atoms with Crippen molar-refractivity contribution in [2.75, 3.05) is 0 Å². The highest BCUT2D eigenvalue weighted by Crippen LogP contribution is 2.28. The summed E-state index contributed by atoms with van der Waals surface area (Å²) in [6.07, 6.45) is 0.888. The Balaban J connectivity index is 2.82. The van der Waals surface area contributed by atoms with E-state index in [2.05, 4.69) is 0 Å². The van der Waals surface area contributed by atoms with Crippen LogP contribution in [0.5, 0.6) is 0 Å². The van der Waals surface area contributed by atoms with Gasteiger partial charge in [-0.1, -0.05) is 23.2 Å². The first-order valence-corrected chi connectivity index (χ1v) is 5.33. The molecular weight excluding hydrogens is 227 g/mol. The van der Waals surface area contributed by atoms with Crippen LogP contribution in [-0.4, -0.2) is 11.5 Å². The summed E-state index contributed by atoms with van der Waals surface area (Å²) in [4.78, 5) is 11.3. The third-order valence-corrected chi connectivity index (χ3v) is 2.78. The third-order valence-electron chi connectivity index (χ3n) is 1.35. The van der Waals surface area contributed by atoms with E-state index in [1.165, 1.54) is 11.8 Å². The highest BCUT2D eigenvalue weighted by molar-refractivity contribution is 8.00. The van der Waals surface area contributed by atoms with Crippen LogP contribution >= 0.6 is 35.0 Å². The second-order valence-corrected chi connectivity index (χ2v) is 4.89. The van der Waals surface area contributed by atoms with E-state index in [1.54, 1.807) is 18.2 Å². The van der Waals surface area contributed by atoms with E-state index < -0.39 is 0 Å². The van der Waals surface area contributed by atoms with E-state index in [4.69, 9.17) is 23.2 Å². The highest BCUT2D eigenvalue weighted by atomic mass is 35.5. The predicted molar refractivity (Wildman–Crippen MR) is 57.8 cm³/mol. The third kappa shape index (κ3) is 3.59. The predicted octanol–water partition coefficient (Wildman–Crippen LogP) is 3.67. The van der Waals surface area contributed by atoms with Crippen molar-refractivity contribution in [3.8, 4) is 0 Å².